The normalized spacial score (nSPS) is 16.3. The van der Waals surface area contributed by atoms with Gasteiger partial charge in [-0.15, -0.1) is 0 Å². The first-order chi connectivity index (χ1) is 5.43. The monoisotopic (exact) mass is 154 g/mol. The second kappa shape index (κ2) is 5.22. The van der Waals surface area contributed by atoms with Gasteiger partial charge < -0.3 is 4.74 Å². The summed E-state index contributed by atoms with van der Waals surface area (Å²) in [7, 11) is 0. The zero-order valence-corrected chi connectivity index (χ0v) is 7.44. The first kappa shape index (κ1) is 8.63. The van der Waals surface area contributed by atoms with Gasteiger partial charge in [0.05, 0.1) is 12.4 Å². The Hall–Kier alpha value is -0.460. The first-order valence-corrected chi connectivity index (χ1v) is 4.75. The highest BCUT2D eigenvalue weighted by molar-refractivity contribution is 4.97. The molecule has 0 aromatic heterocycles. The van der Waals surface area contributed by atoms with Crippen molar-refractivity contribution >= 4 is 0 Å². The fourth-order valence-corrected chi connectivity index (χ4v) is 1.37. The number of hydrogen-bond acceptors (Lipinski definition) is 1. The number of ether oxygens (including phenoxy) is 1. The lowest BCUT2D eigenvalue weighted by Crippen LogP contribution is -1.85. The lowest BCUT2D eigenvalue weighted by molar-refractivity contribution is 0.232. The van der Waals surface area contributed by atoms with Crippen LogP contribution >= 0.6 is 0 Å². The molecule has 0 fully saturated rings. The van der Waals surface area contributed by atoms with Crippen LogP contribution in [-0.2, 0) is 4.74 Å². The predicted molar refractivity (Wildman–Crippen MR) is 47.4 cm³/mol. The van der Waals surface area contributed by atoms with Gasteiger partial charge in [-0.3, -0.25) is 0 Å². The van der Waals surface area contributed by atoms with Crippen LogP contribution in [0.25, 0.3) is 0 Å². The molecular weight excluding hydrogens is 136 g/mol. The van der Waals surface area contributed by atoms with E-state index in [1.165, 1.54) is 37.9 Å². The van der Waals surface area contributed by atoms with Crippen molar-refractivity contribution in [3.05, 3.63) is 11.8 Å². The molecule has 1 heterocycles. The fourth-order valence-electron chi connectivity index (χ4n) is 1.37. The van der Waals surface area contributed by atoms with Gasteiger partial charge in [0.25, 0.3) is 0 Å². The van der Waals surface area contributed by atoms with Crippen molar-refractivity contribution in [2.45, 2.75) is 45.4 Å². The van der Waals surface area contributed by atoms with E-state index in [2.05, 4.69) is 13.0 Å². The van der Waals surface area contributed by atoms with E-state index in [4.69, 9.17) is 4.74 Å². The molecule has 0 N–H and O–H groups in total. The summed E-state index contributed by atoms with van der Waals surface area (Å²) in [5, 5.41) is 0. The molecule has 11 heavy (non-hydrogen) atoms. The second-order valence-corrected chi connectivity index (χ2v) is 3.12. The molecule has 0 saturated carbocycles. The summed E-state index contributed by atoms with van der Waals surface area (Å²) in [6.45, 7) is 3.16. The van der Waals surface area contributed by atoms with Crippen LogP contribution in [0.5, 0.6) is 0 Å². The average molecular weight is 154 g/mol. The highest BCUT2D eigenvalue weighted by atomic mass is 16.5. The summed E-state index contributed by atoms with van der Waals surface area (Å²) in [5.41, 5.74) is 0. The number of unbranched alkanes of at least 4 members (excludes halogenated alkanes) is 3. The molecule has 0 saturated heterocycles. The summed E-state index contributed by atoms with van der Waals surface area (Å²) >= 11 is 0. The molecule has 0 radical (unpaired) electrons. The molecular formula is C10H18O. The highest BCUT2D eigenvalue weighted by Gasteiger charge is 2.03. The van der Waals surface area contributed by atoms with Crippen molar-refractivity contribution in [3.63, 3.8) is 0 Å². The number of allylic oxidation sites excluding steroid dienone is 1. The van der Waals surface area contributed by atoms with Gasteiger partial charge in [-0.05, 0) is 12.5 Å². The molecule has 0 amide bonds. The van der Waals surface area contributed by atoms with Crippen LogP contribution in [-0.4, -0.2) is 6.61 Å². The van der Waals surface area contributed by atoms with Crippen LogP contribution < -0.4 is 0 Å². The summed E-state index contributed by atoms with van der Waals surface area (Å²) < 4.78 is 5.39. The smallest absolute Gasteiger partial charge is 0.0921 e. The van der Waals surface area contributed by atoms with Gasteiger partial charge in [0.15, 0.2) is 0 Å². The molecule has 1 heteroatoms. The Morgan fingerprint density at radius 3 is 2.91 bits per heavy atom. The third-order valence-corrected chi connectivity index (χ3v) is 2.05. The van der Waals surface area contributed by atoms with Gasteiger partial charge in [-0.2, -0.15) is 0 Å². The zero-order chi connectivity index (χ0) is 7.94. The van der Waals surface area contributed by atoms with Crippen molar-refractivity contribution in [2.75, 3.05) is 6.61 Å². The maximum absolute atomic E-state index is 5.39. The first-order valence-electron chi connectivity index (χ1n) is 4.75. The molecule has 1 rings (SSSR count). The minimum Gasteiger partial charge on any atom is -0.498 e. The second-order valence-electron chi connectivity index (χ2n) is 3.12. The minimum absolute atomic E-state index is 0.920. The molecule has 64 valence electrons. The van der Waals surface area contributed by atoms with E-state index in [9.17, 15) is 0 Å². The summed E-state index contributed by atoms with van der Waals surface area (Å²) in [6, 6.07) is 0. The van der Waals surface area contributed by atoms with Gasteiger partial charge in [-0.1, -0.05) is 26.2 Å². The Labute approximate surface area is 69.4 Å². The molecule has 0 unspecified atom stereocenters. The van der Waals surface area contributed by atoms with Gasteiger partial charge >= 0.3 is 0 Å². The van der Waals surface area contributed by atoms with Crippen molar-refractivity contribution in [2.24, 2.45) is 0 Å². The lowest BCUT2D eigenvalue weighted by Gasteiger charge is -2.02. The standard InChI is InChI=1S/C10H18O/c1-2-3-4-5-7-10-8-6-9-11-10/h8H,2-7,9H2,1H3. The van der Waals surface area contributed by atoms with Gasteiger partial charge in [0.2, 0.25) is 0 Å². The van der Waals surface area contributed by atoms with Crippen LogP contribution in [0.2, 0.25) is 0 Å². The van der Waals surface area contributed by atoms with E-state index in [1.807, 2.05) is 0 Å². The minimum atomic E-state index is 0.920. The third kappa shape index (κ3) is 3.45. The van der Waals surface area contributed by atoms with Gasteiger partial charge in [-0.25, -0.2) is 0 Å². The number of hydrogen-bond donors (Lipinski definition) is 0. The predicted octanol–water partition coefficient (Wildman–Crippen LogP) is 3.26. The average Bonchev–Trinajstić information content (AvgIpc) is 2.50. The summed E-state index contributed by atoms with van der Waals surface area (Å²) in [6.07, 6.45) is 9.87. The maximum Gasteiger partial charge on any atom is 0.0921 e. The van der Waals surface area contributed by atoms with E-state index < -0.39 is 0 Å². The largest absolute Gasteiger partial charge is 0.498 e. The molecule has 1 aliphatic heterocycles. The lowest BCUT2D eigenvalue weighted by atomic mass is 10.1. The number of rotatable bonds is 5. The van der Waals surface area contributed by atoms with E-state index in [1.54, 1.807) is 0 Å². The van der Waals surface area contributed by atoms with E-state index in [-0.39, 0.29) is 0 Å². The SMILES string of the molecule is CCCCCCC1=CCCO1. The van der Waals surface area contributed by atoms with Crippen molar-refractivity contribution in [1.29, 1.82) is 0 Å². The zero-order valence-electron chi connectivity index (χ0n) is 7.44. The molecule has 1 aliphatic rings. The Morgan fingerprint density at radius 2 is 2.27 bits per heavy atom. The highest BCUT2D eigenvalue weighted by Crippen LogP contribution is 2.16. The fraction of sp³-hybridized carbons (Fsp3) is 0.800. The summed E-state index contributed by atoms with van der Waals surface area (Å²) in [4.78, 5) is 0. The van der Waals surface area contributed by atoms with E-state index in [0.29, 0.717) is 0 Å². The molecule has 1 nitrogen and oxygen atoms in total. The van der Waals surface area contributed by atoms with Crippen molar-refractivity contribution < 1.29 is 4.74 Å². The Bertz CT molecular complexity index is 127. The summed E-state index contributed by atoms with van der Waals surface area (Å²) in [5.74, 6) is 1.24. The van der Waals surface area contributed by atoms with Gasteiger partial charge in [0, 0.05) is 12.8 Å². The topological polar surface area (TPSA) is 9.23 Å². The van der Waals surface area contributed by atoms with Crippen LogP contribution in [0, 0.1) is 0 Å². The Balaban J connectivity index is 1.94. The van der Waals surface area contributed by atoms with Crippen molar-refractivity contribution in [3.8, 4) is 0 Å². The molecule has 0 aliphatic carbocycles. The molecule has 0 atom stereocenters. The molecule has 0 aromatic carbocycles. The van der Waals surface area contributed by atoms with Gasteiger partial charge in [0.1, 0.15) is 0 Å². The molecule has 0 spiro atoms. The maximum atomic E-state index is 5.39. The Morgan fingerprint density at radius 1 is 1.36 bits per heavy atom. The molecule has 0 aromatic rings. The van der Waals surface area contributed by atoms with Crippen LogP contribution in [0.3, 0.4) is 0 Å². The van der Waals surface area contributed by atoms with Crippen LogP contribution in [0.15, 0.2) is 11.8 Å². The van der Waals surface area contributed by atoms with Crippen molar-refractivity contribution in [1.82, 2.24) is 0 Å². The Kier molecular flexibility index (Phi) is 4.10. The molecule has 0 bridgehead atoms. The third-order valence-electron chi connectivity index (χ3n) is 2.05. The quantitative estimate of drug-likeness (QED) is 0.552. The van der Waals surface area contributed by atoms with E-state index in [0.717, 1.165) is 13.0 Å². The van der Waals surface area contributed by atoms with Crippen LogP contribution in [0.1, 0.15) is 45.4 Å². The van der Waals surface area contributed by atoms with E-state index >= 15 is 0 Å². The van der Waals surface area contributed by atoms with Crippen LogP contribution in [0.4, 0.5) is 0 Å².